The molecule has 0 bridgehead atoms. The van der Waals surface area contributed by atoms with E-state index in [0.717, 1.165) is 12.8 Å². The molecule has 3 heterocycles. The molecule has 7 nitrogen and oxygen atoms in total. The summed E-state index contributed by atoms with van der Waals surface area (Å²) in [5, 5.41) is 0.535. The summed E-state index contributed by atoms with van der Waals surface area (Å²) in [5.41, 5.74) is 0.835. The second-order valence-corrected chi connectivity index (χ2v) is 8.80. The van der Waals surface area contributed by atoms with Crippen molar-refractivity contribution in [1.82, 2.24) is 4.90 Å². The number of fused-ring (bicyclic) bond motifs is 3. The Bertz CT molecular complexity index is 1100. The van der Waals surface area contributed by atoms with E-state index in [-0.39, 0.29) is 23.6 Å². The molecule has 0 unspecified atom stereocenters. The third kappa shape index (κ3) is 3.03. The van der Waals surface area contributed by atoms with Gasteiger partial charge < -0.3 is 9.47 Å². The van der Waals surface area contributed by atoms with Gasteiger partial charge in [-0.05, 0) is 55.8 Å². The van der Waals surface area contributed by atoms with Crippen molar-refractivity contribution in [3.05, 3.63) is 53.1 Å². The zero-order valence-corrected chi connectivity index (χ0v) is 18.5. The Labute approximate surface area is 190 Å². The van der Waals surface area contributed by atoms with Gasteiger partial charge in [-0.15, -0.1) is 0 Å². The highest BCUT2D eigenvalue weighted by Gasteiger charge is 2.65. The fourth-order valence-corrected chi connectivity index (χ4v) is 5.64. The fraction of sp³-hybridized carbons (Fsp3) is 0.375. The molecule has 0 radical (unpaired) electrons. The number of carbonyl (C=O) groups is 3. The zero-order valence-electron chi connectivity index (χ0n) is 17.8. The first kappa shape index (κ1) is 21.0. The van der Waals surface area contributed by atoms with Crippen molar-refractivity contribution in [3.63, 3.8) is 0 Å². The number of hydrogen-bond donors (Lipinski definition) is 0. The van der Waals surface area contributed by atoms with Crippen molar-refractivity contribution in [1.29, 1.82) is 0 Å². The van der Waals surface area contributed by atoms with Crippen molar-refractivity contribution in [3.8, 4) is 11.5 Å². The summed E-state index contributed by atoms with van der Waals surface area (Å²) < 4.78 is 10.7. The van der Waals surface area contributed by atoms with Crippen molar-refractivity contribution in [2.75, 3.05) is 25.7 Å². The van der Waals surface area contributed by atoms with Gasteiger partial charge in [0.05, 0.1) is 37.8 Å². The fourth-order valence-electron chi connectivity index (χ4n) is 5.51. The lowest BCUT2D eigenvalue weighted by Crippen LogP contribution is -2.46. The van der Waals surface area contributed by atoms with Gasteiger partial charge in [-0.25, -0.2) is 4.90 Å². The number of carbonyl (C=O) groups excluding carboxylic acids is 3. The van der Waals surface area contributed by atoms with Gasteiger partial charge in [0.25, 0.3) is 0 Å². The standard InChI is InChI=1S/C24H23ClN2O5/c1-31-15-9-10-18(32-2)17(12-15)27-23(29)19-16-4-3-11-26(16)21(20(19)24(27)30)22(28)13-5-7-14(25)8-6-13/h5-10,12,16,19-21H,3-4,11H2,1-2H3/t16-,19-,20-,21+/m0/s1. The number of halogens is 1. The summed E-state index contributed by atoms with van der Waals surface area (Å²) in [6.45, 7) is 0.699. The molecule has 2 aromatic rings. The van der Waals surface area contributed by atoms with E-state index in [4.69, 9.17) is 21.1 Å². The lowest BCUT2D eigenvalue weighted by atomic mass is 9.85. The van der Waals surface area contributed by atoms with Crippen LogP contribution in [0.2, 0.25) is 5.02 Å². The van der Waals surface area contributed by atoms with Gasteiger partial charge in [-0.3, -0.25) is 19.3 Å². The van der Waals surface area contributed by atoms with E-state index >= 15 is 0 Å². The van der Waals surface area contributed by atoms with Crippen LogP contribution in [0.3, 0.4) is 0 Å². The average Bonchev–Trinajstić information content (AvgIpc) is 3.45. The monoisotopic (exact) mass is 454 g/mol. The van der Waals surface area contributed by atoms with Crippen molar-refractivity contribution in [2.24, 2.45) is 11.8 Å². The molecular weight excluding hydrogens is 432 g/mol. The van der Waals surface area contributed by atoms with E-state index in [1.807, 2.05) is 0 Å². The summed E-state index contributed by atoms with van der Waals surface area (Å²) >= 11 is 5.99. The van der Waals surface area contributed by atoms with Crippen LogP contribution in [0.5, 0.6) is 11.5 Å². The average molecular weight is 455 g/mol. The quantitative estimate of drug-likeness (QED) is 0.510. The number of Topliss-reactive ketones (excluding diaryl/α,β-unsaturated/α-hetero) is 1. The topological polar surface area (TPSA) is 76.1 Å². The third-order valence-electron chi connectivity index (χ3n) is 6.88. The highest BCUT2D eigenvalue weighted by Crippen LogP contribution is 2.50. The summed E-state index contributed by atoms with van der Waals surface area (Å²) in [6.07, 6.45) is 1.68. The molecule has 8 heteroatoms. The second kappa shape index (κ2) is 7.90. The Balaban J connectivity index is 1.57. The first-order valence-electron chi connectivity index (χ1n) is 10.6. The van der Waals surface area contributed by atoms with Crippen LogP contribution in [0.1, 0.15) is 23.2 Å². The summed E-state index contributed by atoms with van der Waals surface area (Å²) in [5.74, 6) is -1.18. The minimum atomic E-state index is -0.730. The summed E-state index contributed by atoms with van der Waals surface area (Å²) in [6, 6.07) is 10.9. The molecule has 2 amide bonds. The smallest absolute Gasteiger partial charge is 0.239 e. The number of benzene rings is 2. The van der Waals surface area contributed by atoms with E-state index in [1.165, 1.54) is 19.1 Å². The molecule has 3 aliphatic rings. The maximum atomic E-state index is 13.7. The van der Waals surface area contributed by atoms with Crippen LogP contribution in [0.15, 0.2) is 42.5 Å². The van der Waals surface area contributed by atoms with Gasteiger partial charge in [0.15, 0.2) is 5.78 Å². The number of anilines is 1. The Hall–Kier alpha value is -2.90. The van der Waals surface area contributed by atoms with Gasteiger partial charge in [-0.2, -0.15) is 0 Å². The van der Waals surface area contributed by atoms with Crippen LogP contribution in [0.25, 0.3) is 0 Å². The van der Waals surface area contributed by atoms with E-state index in [9.17, 15) is 14.4 Å². The van der Waals surface area contributed by atoms with Gasteiger partial charge in [0, 0.05) is 22.7 Å². The zero-order chi connectivity index (χ0) is 22.6. The molecule has 5 rings (SSSR count). The highest BCUT2D eigenvalue weighted by molar-refractivity contribution is 6.30. The molecule has 32 heavy (non-hydrogen) atoms. The number of rotatable bonds is 5. The van der Waals surface area contributed by atoms with Crippen molar-refractivity contribution in [2.45, 2.75) is 24.9 Å². The van der Waals surface area contributed by atoms with Crippen LogP contribution in [0.4, 0.5) is 5.69 Å². The minimum absolute atomic E-state index is 0.126. The van der Waals surface area contributed by atoms with Crippen LogP contribution in [-0.2, 0) is 9.59 Å². The number of hydrogen-bond acceptors (Lipinski definition) is 6. The van der Waals surface area contributed by atoms with Crippen LogP contribution in [-0.4, -0.2) is 55.3 Å². The lowest BCUT2D eigenvalue weighted by Gasteiger charge is -2.28. The lowest BCUT2D eigenvalue weighted by molar-refractivity contribution is -0.123. The first-order valence-corrected chi connectivity index (χ1v) is 11.0. The molecule has 166 valence electrons. The van der Waals surface area contributed by atoms with Crippen molar-refractivity contribution < 1.29 is 23.9 Å². The molecule has 4 atom stereocenters. The van der Waals surface area contributed by atoms with Crippen LogP contribution >= 0.6 is 11.6 Å². The summed E-state index contributed by atoms with van der Waals surface area (Å²) in [4.78, 5) is 44.1. The van der Waals surface area contributed by atoms with E-state index in [2.05, 4.69) is 4.90 Å². The molecule has 0 aliphatic carbocycles. The third-order valence-corrected chi connectivity index (χ3v) is 7.13. The van der Waals surface area contributed by atoms with Crippen LogP contribution in [0, 0.1) is 11.8 Å². The minimum Gasteiger partial charge on any atom is -0.497 e. The maximum absolute atomic E-state index is 13.7. The molecule has 3 saturated heterocycles. The first-order chi connectivity index (χ1) is 15.5. The van der Waals surface area contributed by atoms with Crippen LogP contribution < -0.4 is 14.4 Å². The predicted molar refractivity (Wildman–Crippen MR) is 118 cm³/mol. The number of nitrogens with zero attached hydrogens (tertiary/aromatic N) is 2. The Morgan fingerprint density at radius 1 is 1.00 bits per heavy atom. The Morgan fingerprint density at radius 2 is 1.72 bits per heavy atom. The van der Waals surface area contributed by atoms with E-state index < -0.39 is 17.9 Å². The number of imide groups is 1. The largest absolute Gasteiger partial charge is 0.497 e. The van der Waals surface area contributed by atoms with E-state index in [1.54, 1.807) is 42.5 Å². The molecule has 0 aromatic heterocycles. The molecule has 0 N–H and O–H groups in total. The maximum Gasteiger partial charge on any atom is 0.239 e. The molecule has 3 aliphatic heterocycles. The molecule has 3 fully saturated rings. The predicted octanol–water partition coefficient (Wildman–Crippen LogP) is 3.19. The molecular formula is C24H23ClN2O5. The highest BCUT2D eigenvalue weighted by atomic mass is 35.5. The van der Waals surface area contributed by atoms with Gasteiger partial charge >= 0.3 is 0 Å². The molecule has 2 aromatic carbocycles. The summed E-state index contributed by atoms with van der Waals surface area (Å²) in [7, 11) is 3.01. The van der Waals surface area contributed by atoms with Gasteiger partial charge in [0.2, 0.25) is 11.8 Å². The number of methoxy groups -OCH3 is 2. The number of ketones is 1. The number of amides is 2. The molecule has 0 spiro atoms. The van der Waals surface area contributed by atoms with Gasteiger partial charge in [-0.1, -0.05) is 11.6 Å². The Morgan fingerprint density at radius 3 is 2.41 bits per heavy atom. The van der Waals surface area contributed by atoms with Gasteiger partial charge in [0.1, 0.15) is 11.5 Å². The normalized spacial score (nSPS) is 26.9. The second-order valence-electron chi connectivity index (χ2n) is 8.36. The number of ether oxygens (including phenoxy) is 2. The van der Waals surface area contributed by atoms with Crippen molar-refractivity contribution >= 4 is 34.9 Å². The SMILES string of the molecule is COc1ccc(OC)c(N2C(=O)[C@@H]3[C@H](C2=O)[C@H](C(=O)c2ccc(Cl)cc2)N2CCC[C@@H]32)c1. The Kier molecular flexibility index (Phi) is 5.18. The molecule has 0 saturated carbocycles. The van der Waals surface area contributed by atoms with E-state index in [0.29, 0.717) is 34.3 Å².